The van der Waals surface area contributed by atoms with Crippen LogP contribution < -0.4 is 5.49 Å². The number of nitrogens with zero attached hydrogens (tertiary/aromatic N) is 4. The van der Waals surface area contributed by atoms with Gasteiger partial charge in [-0.1, -0.05) is 15.3 Å². The molecule has 2 N–H and O–H groups in total. The average molecular weight is 557 g/mol. The van der Waals surface area contributed by atoms with Crippen LogP contribution in [0.2, 0.25) is 0 Å². The lowest BCUT2D eigenvalue weighted by Gasteiger charge is -2.22. The zero-order valence-corrected chi connectivity index (χ0v) is 24.3. The van der Waals surface area contributed by atoms with Crippen molar-refractivity contribution in [1.82, 2.24) is 19.6 Å². The van der Waals surface area contributed by atoms with Crippen molar-refractivity contribution < 1.29 is 13.6 Å². The van der Waals surface area contributed by atoms with Gasteiger partial charge in [-0.2, -0.15) is 9.78 Å². The number of carbonyl (C=O) groups is 1. The Labute approximate surface area is 228 Å². The summed E-state index contributed by atoms with van der Waals surface area (Å²) in [5.74, 6) is -0.281. The number of benzene rings is 1. The van der Waals surface area contributed by atoms with E-state index in [0.717, 1.165) is 34.6 Å². The van der Waals surface area contributed by atoms with Crippen molar-refractivity contribution in [2.75, 3.05) is 33.7 Å². The molecule has 4 rings (SSSR count). The molecule has 0 aliphatic heterocycles. The van der Waals surface area contributed by atoms with Crippen molar-refractivity contribution >= 4 is 43.3 Å². The monoisotopic (exact) mass is 556 g/mol. The maximum Gasteiger partial charge on any atom is 0.263 e. The molecule has 1 aromatic carbocycles. The van der Waals surface area contributed by atoms with Gasteiger partial charge >= 0.3 is 0 Å². The number of thiophene rings is 1. The van der Waals surface area contributed by atoms with Gasteiger partial charge in [-0.3, -0.25) is 15.6 Å². The second-order valence-electron chi connectivity index (χ2n) is 9.10. The molecule has 202 valence electrons. The summed E-state index contributed by atoms with van der Waals surface area (Å²) in [6.45, 7) is 8.24. The molecule has 2 unspecified atom stereocenters. The van der Waals surface area contributed by atoms with Gasteiger partial charge in [0.05, 0.1) is 16.8 Å². The van der Waals surface area contributed by atoms with Gasteiger partial charge in [-0.15, -0.1) is 11.3 Å². The number of hydrogen-bond acceptors (Lipinski definition) is 7. The summed E-state index contributed by atoms with van der Waals surface area (Å²) in [7, 11) is 6.08. The number of hydrogen-bond donors (Lipinski definition) is 2. The topological polar surface area (TPSA) is 102 Å². The van der Waals surface area contributed by atoms with E-state index in [9.17, 15) is 4.79 Å². The molecule has 3 aromatic heterocycles. The van der Waals surface area contributed by atoms with Crippen LogP contribution in [-0.2, 0) is 5.41 Å². The predicted octanol–water partition coefficient (Wildman–Crippen LogP) is 5.02. The first-order chi connectivity index (χ1) is 17.9. The van der Waals surface area contributed by atoms with Crippen LogP contribution >= 0.6 is 20.6 Å². The highest BCUT2D eigenvalue weighted by Crippen LogP contribution is 2.36. The van der Waals surface area contributed by atoms with Crippen LogP contribution in [0, 0.1) is 24.7 Å². The number of aromatic nitrogens is 2. The Morgan fingerprint density at radius 2 is 1.89 bits per heavy atom. The van der Waals surface area contributed by atoms with Gasteiger partial charge < -0.3 is 14.2 Å². The van der Waals surface area contributed by atoms with Crippen molar-refractivity contribution in [2.24, 2.45) is 0 Å². The molecule has 11 heteroatoms. The number of nitrogens with one attached hydrogen (secondary N) is 2. The molecule has 2 atom stereocenters. The first-order valence-electron chi connectivity index (χ1n) is 12.1. The van der Waals surface area contributed by atoms with E-state index in [4.69, 9.17) is 15.2 Å². The second kappa shape index (κ2) is 12.6. The summed E-state index contributed by atoms with van der Waals surface area (Å²) in [5, 5.41) is 18.6. The van der Waals surface area contributed by atoms with Gasteiger partial charge in [-0.25, -0.2) is 4.39 Å². The number of alkyl halides is 1. The fourth-order valence-corrected chi connectivity index (χ4v) is 4.74. The Hall–Kier alpha value is -3.20. The number of likely N-dealkylation sites (N-methyl/N-ethyl adjacent to an activating group) is 2. The van der Waals surface area contributed by atoms with Gasteiger partial charge in [0.1, 0.15) is 11.1 Å². The Morgan fingerprint density at radius 1 is 1.16 bits per heavy atom. The van der Waals surface area contributed by atoms with E-state index >= 15 is 4.39 Å². The van der Waals surface area contributed by atoms with Crippen molar-refractivity contribution in [3.05, 3.63) is 81.3 Å². The molecule has 0 radical (unpaired) electrons. The Morgan fingerprint density at radius 3 is 2.53 bits per heavy atom. The molecular formula is C27H34FN6O2PS. The van der Waals surface area contributed by atoms with Crippen LogP contribution in [0.15, 0.2) is 59.2 Å². The van der Waals surface area contributed by atoms with Crippen LogP contribution in [0.3, 0.4) is 0 Å². The molecule has 3 heterocycles. The largest absolute Gasteiger partial charge is 0.464 e. The minimum atomic E-state index is -2.16. The third kappa shape index (κ3) is 7.01. The second-order valence-corrected chi connectivity index (χ2v) is 11.2. The van der Waals surface area contributed by atoms with E-state index in [-0.39, 0.29) is 17.0 Å². The van der Waals surface area contributed by atoms with Crippen molar-refractivity contribution in [1.29, 1.82) is 10.8 Å². The summed E-state index contributed by atoms with van der Waals surface area (Å²) in [4.78, 5) is 18.1. The number of aryl methyl sites for hydroxylation is 2. The SMILES string of the molecule is CCN(CCN(C)C)C(=O)c1ccc(C)s1.Cc1ccc(=N)n(C(=N)C(F)(P)c2ccc3occc3c2)n1. The highest BCUT2D eigenvalue weighted by molar-refractivity contribution is 7.20. The summed E-state index contributed by atoms with van der Waals surface area (Å²) in [5.41, 5.74) is 1.49. The Kier molecular flexibility index (Phi) is 9.71. The maximum absolute atomic E-state index is 15.2. The maximum atomic E-state index is 15.2. The van der Waals surface area contributed by atoms with Crippen molar-refractivity contribution in [2.45, 2.75) is 26.2 Å². The van der Waals surface area contributed by atoms with E-state index in [0.29, 0.717) is 11.3 Å². The van der Waals surface area contributed by atoms with Gasteiger partial charge in [0.25, 0.3) is 5.91 Å². The number of furan rings is 1. The quantitative estimate of drug-likeness (QED) is 0.190. The molecule has 0 aliphatic rings. The van der Waals surface area contributed by atoms with Crippen molar-refractivity contribution in [3.63, 3.8) is 0 Å². The first-order valence-corrected chi connectivity index (χ1v) is 13.5. The molecule has 0 bridgehead atoms. The average Bonchev–Trinajstić information content (AvgIpc) is 3.54. The number of halogens is 1. The molecule has 0 saturated heterocycles. The van der Waals surface area contributed by atoms with Crippen molar-refractivity contribution in [3.8, 4) is 0 Å². The normalized spacial score (nSPS) is 12.6. The van der Waals surface area contributed by atoms with E-state index in [2.05, 4.69) is 10.00 Å². The standard InChI is InChI=1S/C15H14FN4OP.C12H20N2OS/c1-9-2-5-13(17)20(19-9)14(18)15(16,22)11-3-4-12-10(8-11)6-7-21-12;1-5-14(9-8-13(3)4)12(15)11-7-6-10(2)16-11/h2-8,17-18H,22H2,1H3;6-7H,5,8-9H2,1-4H3. The molecule has 4 aromatic rings. The molecule has 0 fully saturated rings. The van der Waals surface area contributed by atoms with Crippen LogP contribution in [0.5, 0.6) is 0 Å². The molecule has 8 nitrogen and oxygen atoms in total. The molecule has 0 spiro atoms. The van der Waals surface area contributed by atoms with Crippen LogP contribution in [-0.4, -0.2) is 65.1 Å². The van der Waals surface area contributed by atoms with E-state index in [1.165, 1.54) is 17.2 Å². The minimum Gasteiger partial charge on any atom is -0.464 e. The van der Waals surface area contributed by atoms with E-state index in [1.807, 2.05) is 54.2 Å². The third-order valence-corrected chi connectivity index (χ3v) is 7.43. The lowest BCUT2D eigenvalue weighted by atomic mass is 10.1. The first kappa shape index (κ1) is 29.4. The van der Waals surface area contributed by atoms with Crippen LogP contribution in [0.25, 0.3) is 11.0 Å². The van der Waals surface area contributed by atoms with Gasteiger partial charge in [-0.05, 0) is 77.3 Å². The number of amides is 1. The molecular weight excluding hydrogens is 522 g/mol. The highest BCUT2D eigenvalue weighted by Gasteiger charge is 2.34. The minimum absolute atomic E-state index is 0.0514. The Bertz CT molecular complexity index is 1480. The number of fused-ring (bicyclic) bond motifs is 1. The highest BCUT2D eigenvalue weighted by atomic mass is 32.1. The summed E-state index contributed by atoms with van der Waals surface area (Å²) in [6.07, 6.45) is 1.53. The molecule has 0 aliphatic carbocycles. The predicted molar refractivity (Wildman–Crippen MR) is 154 cm³/mol. The number of rotatable bonds is 7. The summed E-state index contributed by atoms with van der Waals surface area (Å²) < 4.78 is 21.4. The van der Waals surface area contributed by atoms with E-state index in [1.54, 1.807) is 48.6 Å². The summed E-state index contributed by atoms with van der Waals surface area (Å²) in [6, 6.07) is 13.6. The fourth-order valence-electron chi connectivity index (χ4n) is 3.60. The zero-order chi connectivity index (χ0) is 28.0. The molecule has 0 saturated carbocycles. The lowest BCUT2D eigenvalue weighted by Crippen LogP contribution is -2.38. The summed E-state index contributed by atoms with van der Waals surface area (Å²) >= 11 is 1.57. The lowest BCUT2D eigenvalue weighted by molar-refractivity contribution is 0.0759. The van der Waals surface area contributed by atoms with Crippen LogP contribution in [0.1, 0.15) is 32.7 Å². The smallest absolute Gasteiger partial charge is 0.263 e. The number of carbonyl (C=O) groups excluding carboxylic acids is 1. The fraction of sp³-hybridized carbons (Fsp3) is 0.333. The van der Waals surface area contributed by atoms with Gasteiger partial charge in [0, 0.05) is 35.5 Å². The van der Waals surface area contributed by atoms with Gasteiger partial charge in [0.15, 0.2) is 5.84 Å². The zero-order valence-electron chi connectivity index (χ0n) is 22.3. The van der Waals surface area contributed by atoms with E-state index < -0.39 is 11.2 Å². The van der Waals surface area contributed by atoms with Gasteiger partial charge in [0.2, 0.25) is 5.41 Å². The third-order valence-electron chi connectivity index (χ3n) is 5.83. The molecule has 38 heavy (non-hydrogen) atoms. The molecule has 1 amide bonds. The Balaban J connectivity index is 0.000000223. The van der Waals surface area contributed by atoms with Crippen LogP contribution in [0.4, 0.5) is 4.39 Å².